The number of rotatable bonds is 5. The van der Waals surface area contributed by atoms with Gasteiger partial charge in [0.1, 0.15) is 5.54 Å². The molecular weight excluding hydrogens is 270 g/mol. The van der Waals surface area contributed by atoms with Crippen molar-refractivity contribution in [2.45, 2.75) is 24.9 Å². The maximum Gasteiger partial charge on any atom is 0.240 e. The number of amides is 1. The lowest BCUT2D eigenvalue weighted by molar-refractivity contribution is -0.132. The first kappa shape index (κ1) is 14.0. The van der Waals surface area contributed by atoms with E-state index in [9.17, 15) is 4.79 Å². The molecule has 0 radical (unpaired) electrons. The quantitative estimate of drug-likeness (QED) is 0.849. The Kier molecular flexibility index (Phi) is 3.60. The molecule has 0 bridgehead atoms. The maximum absolute atomic E-state index is 12.0. The molecule has 1 amide bonds. The first-order chi connectivity index (χ1) is 10.2. The van der Waals surface area contributed by atoms with E-state index in [2.05, 4.69) is 14.9 Å². The van der Waals surface area contributed by atoms with Crippen molar-refractivity contribution in [3.05, 3.63) is 30.5 Å². The van der Waals surface area contributed by atoms with Crippen LogP contribution in [0.4, 0.5) is 0 Å². The van der Waals surface area contributed by atoms with Gasteiger partial charge >= 0.3 is 0 Å². The molecule has 0 saturated carbocycles. The molecule has 21 heavy (non-hydrogen) atoms. The molecule has 1 saturated heterocycles. The van der Waals surface area contributed by atoms with Crippen LogP contribution >= 0.6 is 0 Å². The van der Waals surface area contributed by atoms with E-state index in [-0.39, 0.29) is 5.91 Å². The van der Waals surface area contributed by atoms with Crippen molar-refractivity contribution in [1.29, 1.82) is 0 Å². The molecule has 112 valence electrons. The molecule has 0 aliphatic carbocycles. The fourth-order valence-electron chi connectivity index (χ4n) is 3.12. The Balaban J connectivity index is 1.91. The average molecular weight is 289 g/mol. The molecule has 2 aromatic rings. The number of hydrogen-bond acceptors (Lipinski definition) is 5. The van der Waals surface area contributed by atoms with Gasteiger partial charge in [0.05, 0.1) is 24.7 Å². The van der Waals surface area contributed by atoms with Gasteiger partial charge in [-0.05, 0) is 19.4 Å². The van der Waals surface area contributed by atoms with Crippen LogP contribution in [0, 0.1) is 0 Å². The standard InChI is InChI=1S/C14H19N5O2/c1-21-10-14(13(15)20)3-2-5-18(14)9-11-7-17-12-8-16-4-6-19(11)12/h4,6-8H,2-3,5,9-10H2,1H3,(H2,15,20). The van der Waals surface area contributed by atoms with Crippen molar-refractivity contribution in [2.24, 2.45) is 5.73 Å². The summed E-state index contributed by atoms with van der Waals surface area (Å²) in [6, 6.07) is 0. The van der Waals surface area contributed by atoms with Gasteiger partial charge in [-0.25, -0.2) is 4.98 Å². The van der Waals surface area contributed by atoms with Gasteiger partial charge in [-0.1, -0.05) is 0 Å². The maximum atomic E-state index is 12.0. The van der Waals surface area contributed by atoms with Gasteiger partial charge < -0.3 is 10.5 Å². The number of nitrogens with zero attached hydrogens (tertiary/aromatic N) is 4. The fourth-order valence-corrected chi connectivity index (χ4v) is 3.12. The Morgan fingerprint density at radius 3 is 3.14 bits per heavy atom. The number of primary amides is 1. The number of imidazole rings is 1. The lowest BCUT2D eigenvalue weighted by Gasteiger charge is -2.34. The summed E-state index contributed by atoms with van der Waals surface area (Å²) in [5, 5.41) is 0. The summed E-state index contributed by atoms with van der Waals surface area (Å²) in [5.41, 5.74) is 6.75. The van der Waals surface area contributed by atoms with Gasteiger partial charge in [-0.15, -0.1) is 0 Å². The summed E-state index contributed by atoms with van der Waals surface area (Å²) >= 11 is 0. The molecule has 3 rings (SSSR count). The molecule has 2 N–H and O–H groups in total. The molecule has 1 unspecified atom stereocenters. The van der Waals surface area contributed by atoms with Crippen molar-refractivity contribution < 1.29 is 9.53 Å². The number of nitrogens with two attached hydrogens (primary N) is 1. The van der Waals surface area contributed by atoms with E-state index in [1.807, 2.05) is 16.8 Å². The van der Waals surface area contributed by atoms with Crippen molar-refractivity contribution >= 4 is 11.6 Å². The number of aromatic nitrogens is 3. The number of ether oxygens (including phenoxy) is 1. The number of methoxy groups -OCH3 is 1. The highest BCUT2D eigenvalue weighted by Crippen LogP contribution is 2.31. The molecule has 2 aromatic heterocycles. The van der Waals surface area contributed by atoms with E-state index in [0.29, 0.717) is 13.2 Å². The van der Waals surface area contributed by atoms with Gasteiger partial charge in [0.15, 0.2) is 5.65 Å². The first-order valence-corrected chi connectivity index (χ1v) is 6.97. The Bertz CT molecular complexity index is 656. The average Bonchev–Trinajstić information content (AvgIpc) is 3.06. The SMILES string of the molecule is COCC1(C(N)=O)CCCN1Cc1cnc2cnccn12. The van der Waals surface area contributed by atoms with Crippen LogP contribution < -0.4 is 5.73 Å². The fraction of sp³-hybridized carbons (Fsp3) is 0.500. The molecule has 1 aliphatic heterocycles. The minimum Gasteiger partial charge on any atom is -0.382 e. The number of hydrogen-bond donors (Lipinski definition) is 1. The van der Waals surface area contributed by atoms with Crippen LogP contribution in [0.2, 0.25) is 0 Å². The molecule has 3 heterocycles. The Morgan fingerprint density at radius 2 is 2.38 bits per heavy atom. The third-order valence-corrected chi connectivity index (χ3v) is 4.21. The highest BCUT2D eigenvalue weighted by atomic mass is 16.5. The second-order valence-electron chi connectivity index (χ2n) is 5.41. The van der Waals surface area contributed by atoms with Gasteiger partial charge in [0.25, 0.3) is 0 Å². The van der Waals surface area contributed by atoms with E-state index in [0.717, 1.165) is 30.7 Å². The van der Waals surface area contributed by atoms with Crippen LogP contribution in [0.15, 0.2) is 24.8 Å². The summed E-state index contributed by atoms with van der Waals surface area (Å²) in [4.78, 5) is 22.5. The second kappa shape index (κ2) is 5.42. The van der Waals surface area contributed by atoms with Gasteiger partial charge in [0, 0.05) is 26.0 Å². The van der Waals surface area contributed by atoms with Crippen LogP contribution in [-0.2, 0) is 16.1 Å². The molecular formula is C14H19N5O2. The molecule has 1 fully saturated rings. The van der Waals surface area contributed by atoms with E-state index >= 15 is 0 Å². The van der Waals surface area contributed by atoms with Crippen molar-refractivity contribution in [2.75, 3.05) is 20.3 Å². The molecule has 1 aliphatic rings. The molecule has 1 atom stereocenters. The van der Waals surface area contributed by atoms with Crippen LogP contribution in [0.25, 0.3) is 5.65 Å². The minimum atomic E-state index is -0.716. The van der Waals surface area contributed by atoms with Crippen molar-refractivity contribution in [3.8, 4) is 0 Å². The zero-order valence-corrected chi connectivity index (χ0v) is 12.0. The van der Waals surface area contributed by atoms with E-state index in [1.54, 1.807) is 19.5 Å². The number of carbonyl (C=O) groups is 1. The summed E-state index contributed by atoms with van der Waals surface area (Å²) in [6.07, 6.45) is 8.78. The van der Waals surface area contributed by atoms with Crippen LogP contribution in [0.5, 0.6) is 0 Å². The van der Waals surface area contributed by atoms with Crippen LogP contribution in [-0.4, -0.2) is 51.0 Å². The third-order valence-electron chi connectivity index (χ3n) is 4.21. The molecule has 7 heteroatoms. The second-order valence-corrected chi connectivity index (χ2v) is 5.41. The third kappa shape index (κ3) is 2.28. The first-order valence-electron chi connectivity index (χ1n) is 6.97. The monoisotopic (exact) mass is 289 g/mol. The summed E-state index contributed by atoms with van der Waals surface area (Å²) in [5.74, 6) is -0.322. The summed E-state index contributed by atoms with van der Waals surface area (Å²) < 4.78 is 7.23. The number of carbonyl (C=O) groups excluding carboxylic acids is 1. The van der Waals surface area contributed by atoms with Gasteiger partial charge in [-0.2, -0.15) is 0 Å². The van der Waals surface area contributed by atoms with Crippen LogP contribution in [0.1, 0.15) is 18.5 Å². The Hall–Kier alpha value is -1.99. The largest absolute Gasteiger partial charge is 0.382 e. The van der Waals surface area contributed by atoms with Gasteiger partial charge in [0.2, 0.25) is 5.91 Å². The van der Waals surface area contributed by atoms with E-state index in [4.69, 9.17) is 10.5 Å². The molecule has 0 aromatic carbocycles. The normalized spacial score (nSPS) is 22.9. The summed E-state index contributed by atoms with van der Waals surface area (Å²) in [7, 11) is 1.60. The smallest absolute Gasteiger partial charge is 0.240 e. The predicted octanol–water partition coefficient (Wildman–Crippen LogP) is 0.196. The van der Waals surface area contributed by atoms with E-state index in [1.165, 1.54) is 0 Å². The van der Waals surface area contributed by atoms with Crippen molar-refractivity contribution in [1.82, 2.24) is 19.3 Å². The van der Waals surface area contributed by atoms with E-state index < -0.39 is 5.54 Å². The highest BCUT2D eigenvalue weighted by molar-refractivity contribution is 5.85. The van der Waals surface area contributed by atoms with Crippen LogP contribution in [0.3, 0.4) is 0 Å². The Morgan fingerprint density at radius 1 is 1.52 bits per heavy atom. The number of fused-ring (bicyclic) bond motifs is 1. The highest BCUT2D eigenvalue weighted by Gasteiger charge is 2.46. The molecule has 7 nitrogen and oxygen atoms in total. The zero-order chi connectivity index (χ0) is 14.9. The zero-order valence-electron chi connectivity index (χ0n) is 12.0. The predicted molar refractivity (Wildman–Crippen MR) is 76.4 cm³/mol. The number of likely N-dealkylation sites (tertiary alicyclic amines) is 1. The lowest BCUT2D eigenvalue weighted by Crippen LogP contribution is -2.56. The Labute approximate surface area is 122 Å². The van der Waals surface area contributed by atoms with Gasteiger partial charge in [-0.3, -0.25) is 19.1 Å². The topological polar surface area (TPSA) is 85.8 Å². The lowest BCUT2D eigenvalue weighted by atomic mass is 9.96. The van der Waals surface area contributed by atoms with Crippen molar-refractivity contribution in [3.63, 3.8) is 0 Å². The molecule has 0 spiro atoms. The summed E-state index contributed by atoms with van der Waals surface area (Å²) in [6.45, 7) is 1.75. The minimum absolute atomic E-state index is 0.320.